The van der Waals surface area contributed by atoms with Gasteiger partial charge in [-0.2, -0.15) is 0 Å². The minimum Gasteiger partial charge on any atom is -0.748 e. The monoisotopic (exact) mass is 190 g/mol. The normalized spacial score (nSPS) is 14.3. The molecule has 0 rings (SSSR count). The predicted octanol–water partition coefficient (Wildman–Crippen LogP) is -4.44. The summed E-state index contributed by atoms with van der Waals surface area (Å²) in [5, 5.41) is -0.993. The van der Waals surface area contributed by atoms with Crippen molar-refractivity contribution in [2.24, 2.45) is 11.5 Å². The molecule has 0 bridgehead atoms. The fraction of sp³-hybridized carbons (Fsp3) is 1.00. The standard InChI is InChI=1S/C4H12N2O3S.Na/c1-3(2-4(5)6)10(7,8)9;/h3-4H,2,5-6H2,1H3,(H,7,8,9);/q;+1/p-1. The van der Waals surface area contributed by atoms with Gasteiger partial charge in [0.05, 0.1) is 16.3 Å². The molecular formula is C4H11N2NaO3S. The van der Waals surface area contributed by atoms with E-state index in [-0.39, 0.29) is 36.0 Å². The van der Waals surface area contributed by atoms with Gasteiger partial charge in [-0.25, -0.2) is 8.42 Å². The molecule has 0 heterocycles. The Balaban J connectivity index is 0. The van der Waals surface area contributed by atoms with Crippen LogP contribution in [0.3, 0.4) is 0 Å². The van der Waals surface area contributed by atoms with E-state index in [1.54, 1.807) is 0 Å². The summed E-state index contributed by atoms with van der Waals surface area (Å²) in [6, 6.07) is 0. The number of hydrogen-bond donors (Lipinski definition) is 2. The molecule has 7 heteroatoms. The van der Waals surface area contributed by atoms with Gasteiger partial charge in [0.15, 0.2) is 0 Å². The summed E-state index contributed by atoms with van der Waals surface area (Å²) in [6.07, 6.45) is -0.732. The zero-order valence-corrected chi connectivity index (χ0v) is 9.47. The molecule has 0 aromatic heterocycles. The first kappa shape index (κ1) is 14.4. The first-order valence-electron chi connectivity index (χ1n) is 2.80. The molecule has 0 saturated heterocycles. The maximum atomic E-state index is 10.2. The van der Waals surface area contributed by atoms with Crippen molar-refractivity contribution in [3.05, 3.63) is 0 Å². The van der Waals surface area contributed by atoms with Crippen molar-refractivity contribution in [1.29, 1.82) is 0 Å². The third-order valence-corrected chi connectivity index (χ3v) is 2.27. The molecule has 0 spiro atoms. The molecule has 11 heavy (non-hydrogen) atoms. The van der Waals surface area contributed by atoms with Crippen molar-refractivity contribution in [2.45, 2.75) is 24.8 Å². The molecule has 4 N–H and O–H groups in total. The van der Waals surface area contributed by atoms with E-state index < -0.39 is 21.5 Å². The summed E-state index contributed by atoms with van der Waals surface area (Å²) in [6.45, 7) is 1.29. The smallest absolute Gasteiger partial charge is 0.748 e. The summed E-state index contributed by atoms with van der Waals surface area (Å²) in [5.74, 6) is 0. The van der Waals surface area contributed by atoms with Crippen molar-refractivity contribution >= 4 is 10.1 Å². The average molecular weight is 190 g/mol. The van der Waals surface area contributed by atoms with Gasteiger partial charge in [0.25, 0.3) is 0 Å². The van der Waals surface area contributed by atoms with Gasteiger partial charge in [-0.15, -0.1) is 0 Å². The number of nitrogens with two attached hydrogens (primary N) is 2. The van der Waals surface area contributed by atoms with Gasteiger partial charge in [0, 0.05) is 5.25 Å². The first-order valence-corrected chi connectivity index (χ1v) is 4.27. The van der Waals surface area contributed by atoms with Crippen LogP contribution in [-0.2, 0) is 10.1 Å². The third kappa shape index (κ3) is 7.20. The van der Waals surface area contributed by atoms with E-state index in [1.165, 1.54) is 6.92 Å². The Morgan fingerprint density at radius 1 is 1.45 bits per heavy atom. The summed E-state index contributed by atoms with van der Waals surface area (Å²) in [4.78, 5) is 0. The van der Waals surface area contributed by atoms with Crippen LogP contribution in [0.25, 0.3) is 0 Å². The number of rotatable bonds is 3. The fourth-order valence-corrected chi connectivity index (χ4v) is 0.959. The van der Waals surface area contributed by atoms with Crippen molar-refractivity contribution < 1.29 is 42.5 Å². The minimum absolute atomic E-state index is 0. The Hall–Kier alpha value is 0.830. The van der Waals surface area contributed by atoms with Crippen LogP contribution in [0.2, 0.25) is 0 Å². The molecule has 5 nitrogen and oxygen atoms in total. The van der Waals surface area contributed by atoms with Crippen LogP contribution in [0.15, 0.2) is 0 Å². The number of hydrogen-bond acceptors (Lipinski definition) is 5. The van der Waals surface area contributed by atoms with E-state index in [1.807, 2.05) is 0 Å². The van der Waals surface area contributed by atoms with Crippen molar-refractivity contribution in [2.75, 3.05) is 0 Å². The summed E-state index contributed by atoms with van der Waals surface area (Å²) < 4.78 is 30.6. The van der Waals surface area contributed by atoms with E-state index in [9.17, 15) is 13.0 Å². The molecule has 1 unspecified atom stereocenters. The zero-order chi connectivity index (χ0) is 8.36. The van der Waals surface area contributed by atoms with Gasteiger partial charge in [0.2, 0.25) is 0 Å². The van der Waals surface area contributed by atoms with E-state index in [0.29, 0.717) is 0 Å². The van der Waals surface area contributed by atoms with Crippen LogP contribution in [0.5, 0.6) is 0 Å². The van der Waals surface area contributed by atoms with E-state index in [2.05, 4.69) is 0 Å². The maximum Gasteiger partial charge on any atom is 1.00 e. The molecule has 0 aromatic carbocycles. The van der Waals surface area contributed by atoms with Gasteiger partial charge in [0.1, 0.15) is 0 Å². The molecule has 0 aliphatic carbocycles. The largest absolute Gasteiger partial charge is 1.00 e. The van der Waals surface area contributed by atoms with Crippen LogP contribution in [-0.4, -0.2) is 24.4 Å². The van der Waals surface area contributed by atoms with Gasteiger partial charge in [-0.05, 0) is 13.3 Å². The Labute approximate surface area is 88.6 Å². The van der Waals surface area contributed by atoms with Crippen LogP contribution in [0, 0.1) is 0 Å². The second-order valence-electron chi connectivity index (χ2n) is 2.20. The van der Waals surface area contributed by atoms with Crippen molar-refractivity contribution in [1.82, 2.24) is 0 Å². The van der Waals surface area contributed by atoms with Gasteiger partial charge in [-0.1, -0.05) is 0 Å². The predicted molar refractivity (Wildman–Crippen MR) is 35.9 cm³/mol. The van der Waals surface area contributed by atoms with E-state index in [0.717, 1.165) is 0 Å². The minimum atomic E-state index is -4.21. The first-order chi connectivity index (χ1) is 4.34. The van der Waals surface area contributed by atoms with Crippen molar-refractivity contribution in [3.63, 3.8) is 0 Å². The van der Waals surface area contributed by atoms with Crippen LogP contribution in [0.4, 0.5) is 0 Å². The van der Waals surface area contributed by atoms with E-state index in [4.69, 9.17) is 11.5 Å². The molecule has 0 aliphatic heterocycles. The molecule has 1 atom stereocenters. The van der Waals surface area contributed by atoms with Crippen molar-refractivity contribution in [3.8, 4) is 0 Å². The topological polar surface area (TPSA) is 109 Å². The summed E-state index contributed by atoms with van der Waals surface area (Å²) in [5.41, 5.74) is 10.1. The zero-order valence-electron chi connectivity index (χ0n) is 6.65. The maximum absolute atomic E-state index is 10.2. The molecule has 0 saturated carbocycles. The van der Waals surface area contributed by atoms with Crippen LogP contribution < -0.4 is 41.0 Å². The van der Waals surface area contributed by atoms with Gasteiger partial charge >= 0.3 is 29.6 Å². The molecule has 0 amide bonds. The second-order valence-corrected chi connectivity index (χ2v) is 3.99. The van der Waals surface area contributed by atoms with Crippen LogP contribution in [0.1, 0.15) is 13.3 Å². The molecule has 0 aromatic rings. The SMILES string of the molecule is CC(CC(N)N)S(=O)(=O)[O-].[Na+]. The van der Waals surface area contributed by atoms with E-state index >= 15 is 0 Å². The summed E-state index contributed by atoms with van der Waals surface area (Å²) in [7, 11) is -4.21. The average Bonchev–Trinajstić information content (AvgIpc) is 1.60. The Bertz CT molecular complexity index is 192. The molecular weight excluding hydrogens is 179 g/mol. The third-order valence-electron chi connectivity index (χ3n) is 1.10. The fourth-order valence-electron chi connectivity index (χ4n) is 0.501. The van der Waals surface area contributed by atoms with Gasteiger partial charge < -0.3 is 16.0 Å². The van der Waals surface area contributed by atoms with Gasteiger partial charge in [-0.3, -0.25) is 0 Å². The Morgan fingerprint density at radius 2 is 1.82 bits per heavy atom. The quantitative estimate of drug-likeness (QED) is 0.265. The van der Waals surface area contributed by atoms with Crippen LogP contribution >= 0.6 is 0 Å². The second kappa shape index (κ2) is 5.47. The molecule has 62 valence electrons. The molecule has 0 radical (unpaired) electrons. The Morgan fingerprint density at radius 3 is 1.91 bits per heavy atom. The molecule has 0 fully saturated rings. The molecule has 0 aliphatic rings. The Kier molecular flexibility index (Phi) is 7.14. The summed E-state index contributed by atoms with van der Waals surface area (Å²) >= 11 is 0.